The van der Waals surface area contributed by atoms with Crippen molar-refractivity contribution < 1.29 is 28.7 Å². The average Bonchev–Trinajstić information content (AvgIpc) is 2.47. The molecule has 0 N–H and O–H groups in total. The first-order chi connectivity index (χ1) is 9.36. The van der Waals surface area contributed by atoms with Crippen molar-refractivity contribution >= 4 is 11.8 Å². The molecule has 0 amide bonds. The molecule has 0 radical (unpaired) electrons. The highest BCUT2D eigenvalue weighted by atomic mass is 127. The predicted octanol–water partition coefficient (Wildman–Crippen LogP) is 1.90. The highest BCUT2D eigenvalue weighted by Gasteiger charge is 2.14. The monoisotopic (exact) mass is 414 g/mol. The number of ether oxygens (including phenoxy) is 1. The van der Waals surface area contributed by atoms with Crippen LogP contribution in [0.3, 0.4) is 0 Å². The maximum absolute atomic E-state index is 5.78. The minimum atomic E-state index is 0. The Kier molecular flexibility index (Phi) is 15.7. The van der Waals surface area contributed by atoms with Crippen molar-refractivity contribution in [2.45, 2.75) is 95.8 Å². The smallest absolute Gasteiger partial charge is 0.115 e. The van der Waals surface area contributed by atoms with E-state index in [9.17, 15) is 0 Å². The van der Waals surface area contributed by atoms with Crippen LogP contribution in [0.1, 0.15) is 84.5 Å². The second kappa shape index (κ2) is 15.0. The van der Waals surface area contributed by atoms with E-state index in [2.05, 4.69) is 13.8 Å². The summed E-state index contributed by atoms with van der Waals surface area (Å²) in [5.41, 5.74) is 0. The molecule has 0 aromatic carbocycles. The molecule has 1 rings (SSSR count). The standard InChI is InChI=1S/C17H34OS.HI/c1-3-5-13-17(4-2)19-15-10-6-7-11-16-12-8-9-14-18-16;/h16-17H,3-15H2,1-2H3;1H. The van der Waals surface area contributed by atoms with Gasteiger partial charge in [-0.05, 0) is 69.5 Å². The van der Waals surface area contributed by atoms with Crippen LogP contribution in [0.4, 0.5) is 0 Å². The summed E-state index contributed by atoms with van der Waals surface area (Å²) in [6.07, 6.45) is 15.7. The molecule has 0 bridgehead atoms. The lowest BCUT2D eigenvalue weighted by atomic mass is 10.0. The van der Waals surface area contributed by atoms with Crippen LogP contribution in [-0.2, 0) is 16.5 Å². The maximum Gasteiger partial charge on any atom is 0.115 e. The third-order valence-electron chi connectivity index (χ3n) is 4.21. The first kappa shape index (κ1) is 21.0. The molecule has 1 heterocycles. The number of hydrogen-bond donors (Lipinski definition) is 0. The van der Waals surface area contributed by atoms with Crippen molar-refractivity contribution in [2.24, 2.45) is 0 Å². The lowest BCUT2D eigenvalue weighted by Gasteiger charge is -2.22. The number of rotatable bonds is 11. The zero-order valence-corrected chi connectivity index (χ0v) is 16.6. The molecule has 0 spiro atoms. The van der Waals surface area contributed by atoms with Gasteiger partial charge < -0.3 is 28.7 Å². The number of thiol groups is 1. The van der Waals surface area contributed by atoms with Crippen molar-refractivity contribution in [2.75, 3.05) is 12.4 Å². The summed E-state index contributed by atoms with van der Waals surface area (Å²) in [5.74, 6) is 1.42. The molecular weight excluding hydrogens is 379 g/mol. The Labute approximate surface area is 148 Å². The second-order valence-electron chi connectivity index (χ2n) is 5.95. The fraction of sp³-hybridized carbons (Fsp3) is 1.00. The van der Waals surface area contributed by atoms with Crippen LogP contribution in [0.25, 0.3) is 0 Å². The van der Waals surface area contributed by atoms with E-state index in [1.54, 1.807) is 11.8 Å². The number of hydrogen-bond acceptors (Lipinski definition) is 1. The zero-order chi connectivity index (χ0) is 13.8. The summed E-state index contributed by atoms with van der Waals surface area (Å²) in [6, 6.07) is 0. The van der Waals surface area contributed by atoms with E-state index < -0.39 is 0 Å². The van der Waals surface area contributed by atoms with Gasteiger partial charge in [0.15, 0.2) is 0 Å². The van der Waals surface area contributed by atoms with Gasteiger partial charge in [-0.15, -0.1) is 0 Å². The zero-order valence-electron chi connectivity index (χ0n) is 13.6. The predicted molar refractivity (Wildman–Crippen MR) is 89.3 cm³/mol. The fourth-order valence-electron chi connectivity index (χ4n) is 2.83. The molecule has 1 aliphatic heterocycles. The Morgan fingerprint density at radius 1 is 1.10 bits per heavy atom. The van der Waals surface area contributed by atoms with Gasteiger partial charge in [0.25, 0.3) is 0 Å². The van der Waals surface area contributed by atoms with Crippen LogP contribution in [0.5, 0.6) is 0 Å². The summed E-state index contributed by atoms with van der Waals surface area (Å²) >= 11 is 1.72. The van der Waals surface area contributed by atoms with Gasteiger partial charge in [0.05, 0.1) is 6.10 Å². The maximum atomic E-state index is 5.78. The van der Waals surface area contributed by atoms with E-state index >= 15 is 0 Å². The van der Waals surface area contributed by atoms with E-state index in [0.29, 0.717) is 6.10 Å². The molecule has 1 aliphatic rings. The molecule has 1 fully saturated rings. The normalized spacial score (nSPS) is 20.4. The van der Waals surface area contributed by atoms with Gasteiger partial charge in [0.2, 0.25) is 0 Å². The lowest BCUT2D eigenvalue weighted by molar-refractivity contribution is -0.0000173. The van der Waals surface area contributed by atoms with Crippen LogP contribution in [0, 0.1) is 0 Å². The topological polar surface area (TPSA) is 9.23 Å². The van der Waals surface area contributed by atoms with Crippen LogP contribution in [-0.4, -0.2) is 23.7 Å². The highest BCUT2D eigenvalue weighted by molar-refractivity contribution is 7.79. The van der Waals surface area contributed by atoms with Crippen molar-refractivity contribution in [3.05, 3.63) is 0 Å². The largest absolute Gasteiger partial charge is 1.00 e. The summed E-state index contributed by atoms with van der Waals surface area (Å²) in [4.78, 5) is 0. The third-order valence-corrected chi connectivity index (χ3v) is 5.92. The van der Waals surface area contributed by atoms with Crippen LogP contribution < -0.4 is 24.0 Å². The van der Waals surface area contributed by atoms with Crippen LogP contribution >= 0.6 is 0 Å². The minimum absolute atomic E-state index is 0. The summed E-state index contributed by atoms with van der Waals surface area (Å²) < 4.78 is 5.78. The van der Waals surface area contributed by atoms with Crippen molar-refractivity contribution in [3.8, 4) is 0 Å². The molecule has 0 aromatic rings. The van der Waals surface area contributed by atoms with Gasteiger partial charge in [-0.3, -0.25) is 0 Å². The molecule has 2 unspecified atom stereocenters. The second-order valence-corrected chi connectivity index (χ2v) is 7.49. The average molecular weight is 414 g/mol. The van der Waals surface area contributed by atoms with Gasteiger partial charge >= 0.3 is 0 Å². The van der Waals surface area contributed by atoms with Crippen LogP contribution in [0.2, 0.25) is 0 Å². The summed E-state index contributed by atoms with van der Waals surface area (Å²) in [6.45, 7) is 5.67. The number of halogens is 1. The summed E-state index contributed by atoms with van der Waals surface area (Å²) in [7, 11) is 0. The molecule has 0 aliphatic carbocycles. The van der Waals surface area contributed by atoms with Gasteiger partial charge in [0.1, 0.15) is 11.0 Å². The van der Waals surface area contributed by atoms with Crippen molar-refractivity contribution in [1.82, 2.24) is 0 Å². The molecule has 1 saturated heterocycles. The molecule has 0 saturated carbocycles. The Morgan fingerprint density at radius 2 is 1.95 bits per heavy atom. The Hall–Kier alpha value is 1.04. The van der Waals surface area contributed by atoms with Crippen molar-refractivity contribution in [3.63, 3.8) is 0 Å². The fourth-order valence-corrected chi connectivity index (χ4v) is 4.23. The molecule has 2 atom stereocenters. The van der Waals surface area contributed by atoms with Gasteiger partial charge in [-0.1, -0.05) is 26.7 Å². The minimum Gasteiger partial charge on any atom is -1.00 e. The Morgan fingerprint density at radius 3 is 2.60 bits per heavy atom. The SMILES string of the molecule is CCCCC(CC)[SH+]CCCCCC1CCCCO1.[I-]. The van der Waals surface area contributed by atoms with Crippen LogP contribution in [0.15, 0.2) is 0 Å². The third kappa shape index (κ3) is 10.7. The van der Waals surface area contributed by atoms with Gasteiger partial charge in [0, 0.05) is 6.61 Å². The first-order valence-corrected chi connectivity index (χ1v) is 9.79. The van der Waals surface area contributed by atoms with E-state index in [1.807, 2.05) is 0 Å². The molecule has 3 heteroatoms. The molecule has 1 nitrogen and oxygen atoms in total. The molecular formula is C17H35IOS. The summed E-state index contributed by atoms with van der Waals surface area (Å²) in [5, 5.41) is 0.974. The lowest BCUT2D eigenvalue weighted by Crippen LogP contribution is -3.00. The molecule has 122 valence electrons. The highest BCUT2D eigenvalue weighted by Crippen LogP contribution is 2.18. The molecule has 0 aromatic heterocycles. The quantitative estimate of drug-likeness (QED) is 0.217. The van der Waals surface area contributed by atoms with E-state index in [4.69, 9.17) is 4.74 Å². The van der Waals surface area contributed by atoms with E-state index in [0.717, 1.165) is 11.9 Å². The number of unbranched alkanes of at least 4 members (excludes halogenated alkanes) is 3. The Bertz CT molecular complexity index is 195. The molecule has 20 heavy (non-hydrogen) atoms. The van der Waals surface area contributed by atoms with E-state index in [1.165, 1.54) is 76.4 Å². The van der Waals surface area contributed by atoms with E-state index in [-0.39, 0.29) is 24.0 Å². The first-order valence-electron chi connectivity index (χ1n) is 8.65. The Balaban J connectivity index is 0.00000361. The van der Waals surface area contributed by atoms with Crippen molar-refractivity contribution in [1.29, 1.82) is 0 Å². The van der Waals surface area contributed by atoms with Gasteiger partial charge in [-0.2, -0.15) is 0 Å². The van der Waals surface area contributed by atoms with Gasteiger partial charge in [-0.25, -0.2) is 0 Å².